The molecule has 0 atom stereocenters. The standard InChI is InChI=1S/C16H20N4O3S/c1-11(2)20-15-14(4-3-9-18-15)16(21)19-10-12-5-7-13(8-6-12)24(17,22)23/h3-9,11H,10H2,1-2H3,(H,18,20)(H,19,21)(H2,17,22,23). The van der Waals surface area contributed by atoms with Crippen LogP contribution in [0.5, 0.6) is 0 Å². The summed E-state index contributed by atoms with van der Waals surface area (Å²) in [5, 5.41) is 11.0. The highest BCUT2D eigenvalue weighted by atomic mass is 32.2. The van der Waals surface area contributed by atoms with E-state index in [1.807, 2.05) is 13.8 Å². The second-order valence-electron chi connectivity index (χ2n) is 5.57. The van der Waals surface area contributed by atoms with Crippen LogP contribution in [0.15, 0.2) is 47.5 Å². The minimum atomic E-state index is -3.71. The quantitative estimate of drug-likeness (QED) is 0.731. The van der Waals surface area contributed by atoms with E-state index in [9.17, 15) is 13.2 Å². The van der Waals surface area contributed by atoms with Crippen LogP contribution in [0.3, 0.4) is 0 Å². The van der Waals surface area contributed by atoms with Gasteiger partial charge in [-0.2, -0.15) is 0 Å². The Morgan fingerprint density at radius 3 is 2.46 bits per heavy atom. The number of anilines is 1. The molecule has 1 heterocycles. The molecule has 0 spiro atoms. The fourth-order valence-electron chi connectivity index (χ4n) is 2.05. The van der Waals surface area contributed by atoms with E-state index in [1.54, 1.807) is 30.5 Å². The number of carbonyl (C=O) groups is 1. The van der Waals surface area contributed by atoms with Gasteiger partial charge in [0.2, 0.25) is 10.0 Å². The SMILES string of the molecule is CC(C)Nc1ncccc1C(=O)NCc1ccc(S(N)(=O)=O)cc1. The van der Waals surface area contributed by atoms with Gasteiger partial charge in [0.05, 0.1) is 10.5 Å². The number of nitrogens with one attached hydrogen (secondary N) is 2. The number of rotatable bonds is 6. The van der Waals surface area contributed by atoms with E-state index in [1.165, 1.54) is 12.1 Å². The van der Waals surface area contributed by atoms with Crippen molar-refractivity contribution in [2.75, 3.05) is 5.32 Å². The zero-order valence-corrected chi connectivity index (χ0v) is 14.3. The molecule has 0 bridgehead atoms. The van der Waals surface area contributed by atoms with E-state index in [4.69, 9.17) is 5.14 Å². The third-order valence-electron chi connectivity index (χ3n) is 3.18. The van der Waals surface area contributed by atoms with E-state index < -0.39 is 10.0 Å². The lowest BCUT2D eigenvalue weighted by Gasteiger charge is -2.13. The second kappa shape index (κ2) is 7.41. The third kappa shape index (κ3) is 4.77. The van der Waals surface area contributed by atoms with Crippen molar-refractivity contribution in [3.05, 3.63) is 53.7 Å². The molecule has 8 heteroatoms. The van der Waals surface area contributed by atoms with Crippen LogP contribution in [-0.2, 0) is 16.6 Å². The average Bonchev–Trinajstić information content (AvgIpc) is 2.52. The van der Waals surface area contributed by atoms with Gasteiger partial charge in [0.25, 0.3) is 5.91 Å². The maximum Gasteiger partial charge on any atom is 0.255 e. The predicted octanol–water partition coefficient (Wildman–Crippen LogP) is 1.48. The Bertz CT molecular complexity index is 817. The van der Waals surface area contributed by atoms with Gasteiger partial charge in [0.1, 0.15) is 5.82 Å². The summed E-state index contributed by atoms with van der Waals surface area (Å²) in [5.41, 5.74) is 1.21. The van der Waals surface area contributed by atoms with Crippen LogP contribution in [0.1, 0.15) is 29.8 Å². The summed E-state index contributed by atoms with van der Waals surface area (Å²) < 4.78 is 22.4. The van der Waals surface area contributed by atoms with Crippen LogP contribution in [-0.4, -0.2) is 25.4 Å². The average molecular weight is 348 g/mol. The number of pyridine rings is 1. The van der Waals surface area contributed by atoms with Crippen molar-refractivity contribution in [2.45, 2.75) is 31.3 Å². The van der Waals surface area contributed by atoms with E-state index in [2.05, 4.69) is 15.6 Å². The van der Waals surface area contributed by atoms with Gasteiger partial charge in [-0.05, 0) is 43.7 Å². The molecule has 1 amide bonds. The fraction of sp³-hybridized carbons (Fsp3) is 0.250. The number of primary sulfonamides is 1. The lowest BCUT2D eigenvalue weighted by molar-refractivity contribution is 0.0951. The van der Waals surface area contributed by atoms with E-state index in [-0.39, 0.29) is 23.4 Å². The molecule has 0 fully saturated rings. The largest absolute Gasteiger partial charge is 0.367 e. The molecule has 1 aromatic heterocycles. The Morgan fingerprint density at radius 1 is 1.21 bits per heavy atom. The Morgan fingerprint density at radius 2 is 1.88 bits per heavy atom. The van der Waals surface area contributed by atoms with Crippen molar-refractivity contribution in [3.8, 4) is 0 Å². The first kappa shape index (κ1) is 17.9. The van der Waals surface area contributed by atoms with Crippen molar-refractivity contribution in [2.24, 2.45) is 5.14 Å². The maximum absolute atomic E-state index is 12.3. The molecule has 2 rings (SSSR count). The lowest BCUT2D eigenvalue weighted by atomic mass is 10.2. The van der Waals surface area contributed by atoms with Crippen molar-refractivity contribution >= 4 is 21.7 Å². The molecule has 0 aliphatic rings. The Balaban J connectivity index is 2.06. The molecule has 0 aliphatic heterocycles. The maximum atomic E-state index is 12.3. The molecule has 24 heavy (non-hydrogen) atoms. The summed E-state index contributed by atoms with van der Waals surface area (Å²) in [5.74, 6) is 0.261. The van der Waals surface area contributed by atoms with Crippen LogP contribution < -0.4 is 15.8 Å². The minimum Gasteiger partial charge on any atom is -0.367 e. The smallest absolute Gasteiger partial charge is 0.255 e. The van der Waals surface area contributed by atoms with Crippen LogP contribution in [0.2, 0.25) is 0 Å². The van der Waals surface area contributed by atoms with Crippen LogP contribution >= 0.6 is 0 Å². The van der Waals surface area contributed by atoms with Crippen LogP contribution in [0, 0.1) is 0 Å². The molecule has 1 aromatic carbocycles. The van der Waals surface area contributed by atoms with Gasteiger partial charge in [-0.3, -0.25) is 4.79 Å². The number of carbonyl (C=O) groups excluding carboxylic acids is 1. The monoisotopic (exact) mass is 348 g/mol. The number of benzene rings is 1. The van der Waals surface area contributed by atoms with Gasteiger partial charge in [0.15, 0.2) is 0 Å². The van der Waals surface area contributed by atoms with Gasteiger partial charge in [-0.15, -0.1) is 0 Å². The number of amides is 1. The van der Waals surface area contributed by atoms with E-state index in [0.717, 1.165) is 5.56 Å². The number of aromatic nitrogens is 1. The predicted molar refractivity (Wildman–Crippen MR) is 92.0 cm³/mol. The Labute approximate surface area is 141 Å². The second-order valence-corrected chi connectivity index (χ2v) is 7.13. The molecule has 128 valence electrons. The van der Waals surface area contributed by atoms with Gasteiger partial charge in [0, 0.05) is 18.8 Å². The molecule has 0 radical (unpaired) electrons. The third-order valence-corrected chi connectivity index (χ3v) is 4.11. The van der Waals surface area contributed by atoms with Crippen molar-refractivity contribution in [3.63, 3.8) is 0 Å². The Hall–Kier alpha value is -2.45. The van der Waals surface area contributed by atoms with Crippen molar-refractivity contribution < 1.29 is 13.2 Å². The summed E-state index contributed by atoms with van der Waals surface area (Å²) in [7, 11) is -3.71. The van der Waals surface area contributed by atoms with Crippen molar-refractivity contribution in [1.29, 1.82) is 0 Å². The highest BCUT2D eigenvalue weighted by Gasteiger charge is 2.13. The summed E-state index contributed by atoms with van der Waals surface area (Å²) in [6.07, 6.45) is 1.62. The summed E-state index contributed by atoms with van der Waals surface area (Å²) in [6.45, 7) is 4.19. The van der Waals surface area contributed by atoms with Gasteiger partial charge >= 0.3 is 0 Å². The highest BCUT2D eigenvalue weighted by Crippen LogP contribution is 2.13. The van der Waals surface area contributed by atoms with Crippen LogP contribution in [0.4, 0.5) is 5.82 Å². The zero-order valence-electron chi connectivity index (χ0n) is 13.5. The fourth-order valence-corrected chi connectivity index (χ4v) is 2.57. The van der Waals surface area contributed by atoms with E-state index >= 15 is 0 Å². The highest BCUT2D eigenvalue weighted by molar-refractivity contribution is 7.89. The number of hydrogen-bond acceptors (Lipinski definition) is 5. The molecular weight excluding hydrogens is 328 g/mol. The molecule has 7 nitrogen and oxygen atoms in total. The van der Waals surface area contributed by atoms with Gasteiger partial charge in [-0.25, -0.2) is 18.5 Å². The Kier molecular flexibility index (Phi) is 5.53. The topological polar surface area (TPSA) is 114 Å². The molecule has 0 aliphatic carbocycles. The first-order valence-corrected chi connectivity index (χ1v) is 8.93. The van der Waals surface area contributed by atoms with Crippen molar-refractivity contribution in [1.82, 2.24) is 10.3 Å². The van der Waals surface area contributed by atoms with E-state index in [0.29, 0.717) is 11.4 Å². The molecular formula is C16H20N4O3S. The summed E-state index contributed by atoms with van der Waals surface area (Å²) in [4.78, 5) is 16.6. The lowest BCUT2D eigenvalue weighted by Crippen LogP contribution is -2.25. The molecule has 4 N–H and O–H groups in total. The number of hydrogen-bond donors (Lipinski definition) is 3. The zero-order chi connectivity index (χ0) is 17.7. The van der Waals surface area contributed by atoms with Gasteiger partial charge in [-0.1, -0.05) is 12.1 Å². The first-order valence-electron chi connectivity index (χ1n) is 7.39. The number of sulfonamides is 1. The van der Waals surface area contributed by atoms with Gasteiger partial charge < -0.3 is 10.6 Å². The molecule has 2 aromatic rings. The first-order chi connectivity index (χ1) is 11.3. The normalized spacial score (nSPS) is 11.3. The summed E-state index contributed by atoms with van der Waals surface area (Å²) >= 11 is 0. The minimum absolute atomic E-state index is 0.0354. The molecule has 0 unspecified atom stereocenters. The van der Waals surface area contributed by atoms with Crippen LogP contribution in [0.25, 0.3) is 0 Å². The molecule has 0 saturated heterocycles. The number of nitrogens with zero attached hydrogens (tertiary/aromatic N) is 1. The number of nitrogens with two attached hydrogens (primary N) is 1. The summed E-state index contributed by atoms with van der Waals surface area (Å²) in [6, 6.07) is 9.57. The molecule has 0 saturated carbocycles.